The predicted molar refractivity (Wildman–Crippen MR) is 82.8 cm³/mol. The van der Waals surface area contributed by atoms with Crippen molar-refractivity contribution in [1.29, 1.82) is 0 Å². The van der Waals surface area contributed by atoms with E-state index in [-0.39, 0.29) is 24.4 Å². The van der Waals surface area contributed by atoms with E-state index in [0.717, 1.165) is 5.56 Å². The number of rotatable bonds is 7. The van der Waals surface area contributed by atoms with Crippen LogP contribution in [0, 0.1) is 19.3 Å². The molecule has 1 unspecified atom stereocenters. The first kappa shape index (κ1) is 16.7. The monoisotopic (exact) mass is 287 g/mol. The van der Waals surface area contributed by atoms with Gasteiger partial charge in [-0.2, -0.15) is 0 Å². The van der Waals surface area contributed by atoms with Crippen molar-refractivity contribution < 1.29 is 9.59 Å². The van der Waals surface area contributed by atoms with Gasteiger partial charge >= 0.3 is 0 Å². The number of nitrogens with one attached hydrogen (secondary N) is 3. The van der Waals surface area contributed by atoms with Gasteiger partial charge in [-0.05, 0) is 26.0 Å². The average Bonchev–Trinajstić information content (AvgIpc) is 2.49. The summed E-state index contributed by atoms with van der Waals surface area (Å²) in [5, 5.41) is 8.39. The lowest BCUT2D eigenvalue weighted by Gasteiger charge is -2.13. The van der Waals surface area contributed by atoms with Crippen LogP contribution in [-0.4, -0.2) is 37.5 Å². The van der Waals surface area contributed by atoms with Gasteiger partial charge in [0.05, 0.1) is 12.6 Å². The molecule has 0 aliphatic heterocycles. The maximum Gasteiger partial charge on any atom is 0.251 e. The van der Waals surface area contributed by atoms with Gasteiger partial charge in [0.1, 0.15) is 0 Å². The Hall–Kier alpha value is -2.32. The second kappa shape index (κ2) is 8.77. The molecule has 1 rings (SSSR count). The molecule has 2 amide bonds. The molecule has 0 saturated heterocycles. The Bertz CT molecular complexity index is 517. The van der Waals surface area contributed by atoms with Gasteiger partial charge in [-0.1, -0.05) is 23.6 Å². The van der Waals surface area contributed by atoms with E-state index in [1.807, 2.05) is 19.1 Å². The lowest BCUT2D eigenvalue weighted by Crippen LogP contribution is -2.44. The highest BCUT2D eigenvalue weighted by atomic mass is 16.2. The van der Waals surface area contributed by atoms with Crippen molar-refractivity contribution in [3.05, 3.63) is 35.4 Å². The third-order valence-electron chi connectivity index (χ3n) is 2.93. The van der Waals surface area contributed by atoms with Crippen molar-refractivity contribution in [2.45, 2.75) is 19.9 Å². The third-order valence-corrected chi connectivity index (χ3v) is 2.93. The van der Waals surface area contributed by atoms with E-state index in [9.17, 15) is 9.59 Å². The first-order valence-electron chi connectivity index (χ1n) is 6.84. The second-order valence-electron chi connectivity index (χ2n) is 4.72. The molecule has 3 N–H and O–H groups in total. The maximum absolute atomic E-state index is 11.8. The molecule has 1 atom stereocenters. The number of hydrogen-bond donors (Lipinski definition) is 3. The molecule has 0 saturated carbocycles. The van der Waals surface area contributed by atoms with Crippen LogP contribution in [0.2, 0.25) is 0 Å². The number of carbonyl (C=O) groups excluding carboxylic acids is 2. The Morgan fingerprint density at radius 1 is 1.19 bits per heavy atom. The zero-order valence-corrected chi connectivity index (χ0v) is 12.4. The Kier molecular flexibility index (Phi) is 6.99. The number of hydrogen-bond acceptors (Lipinski definition) is 3. The minimum Gasteiger partial charge on any atom is -0.351 e. The largest absolute Gasteiger partial charge is 0.351 e. The normalized spacial score (nSPS) is 11.3. The van der Waals surface area contributed by atoms with Gasteiger partial charge in [0, 0.05) is 18.7 Å². The summed E-state index contributed by atoms with van der Waals surface area (Å²) < 4.78 is 0. The minimum atomic E-state index is -0.352. The predicted octanol–water partition coefficient (Wildman–Crippen LogP) is 0.452. The van der Waals surface area contributed by atoms with E-state index in [1.165, 1.54) is 0 Å². The average molecular weight is 287 g/mol. The summed E-state index contributed by atoms with van der Waals surface area (Å²) in [6.45, 7) is 4.88. The van der Waals surface area contributed by atoms with Crippen LogP contribution in [0.5, 0.6) is 0 Å². The van der Waals surface area contributed by atoms with E-state index in [1.54, 1.807) is 19.1 Å². The van der Waals surface area contributed by atoms with E-state index in [0.29, 0.717) is 18.7 Å². The fourth-order valence-electron chi connectivity index (χ4n) is 1.66. The van der Waals surface area contributed by atoms with Crippen molar-refractivity contribution in [3.8, 4) is 12.3 Å². The topological polar surface area (TPSA) is 70.2 Å². The Morgan fingerprint density at radius 3 is 2.48 bits per heavy atom. The summed E-state index contributed by atoms with van der Waals surface area (Å²) in [7, 11) is 0. The van der Waals surface area contributed by atoms with Gasteiger partial charge in [-0.3, -0.25) is 9.59 Å². The molecule has 0 fully saturated rings. The molecule has 0 aromatic heterocycles. The van der Waals surface area contributed by atoms with Crippen molar-refractivity contribution in [3.63, 3.8) is 0 Å². The fourth-order valence-corrected chi connectivity index (χ4v) is 1.66. The molecule has 0 radical (unpaired) electrons. The molecule has 112 valence electrons. The molecular formula is C16H21N3O2. The SMILES string of the molecule is C#CCNC(=O)C(C)NCCNC(=O)c1ccc(C)cc1. The second-order valence-corrected chi connectivity index (χ2v) is 4.72. The van der Waals surface area contributed by atoms with Crippen molar-refractivity contribution in [1.82, 2.24) is 16.0 Å². The summed E-state index contributed by atoms with van der Waals surface area (Å²) in [6, 6.07) is 7.01. The summed E-state index contributed by atoms with van der Waals surface area (Å²) >= 11 is 0. The van der Waals surface area contributed by atoms with E-state index in [4.69, 9.17) is 6.42 Å². The third kappa shape index (κ3) is 6.11. The van der Waals surface area contributed by atoms with Gasteiger partial charge in [-0.15, -0.1) is 6.42 Å². The van der Waals surface area contributed by atoms with Crippen LogP contribution in [0.25, 0.3) is 0 Å². The van der Waals surface area contributed by atoms with Crippen molar-refractivity contribution >= 4 is 11.8 Å². The zero-order valence-electron chi connectivity index (χ0n) is 12.4. The maximum atomic E-state index is 11.8. The molecule has 21 heavy (non-hydrogen) atoms. The highest BCUT2D eigenvalue weighted by Gasteiger charge is 2.10. The van der Waals surface area contributed by atoms with E-state index in [2.05, 4.69) is 21.9 Å². The quantitative estimate of drug-likeness (QED) is 0.504. The number of terminal acetylenes is 1. The smallest absolute Gasteiger partial charge is 0.251 e. The molecule has 0 aliphatic rings. The van der Waals surface area contributed by atoms with Crippen LogP contribution >= 0.6 is 0 Å². The number of amides is 2. The molecule has 0 aliphatic carbocycles. The van der Waals surface area contributed by atoms with Crippen LogP contribution in [-0.2, 0) is 4.79 Å². The fraction of sp³-hybridized carbons (Fsp3) is 0.375. The molecular weight excluding hydrogens is 266 g/mol. The Balaban J connectivity index is 2.24. The van der Waals surface area contributed by atoms with Crippen LogP contribution in [0.1, 0.15) is 22.8 Å². The van der Waals surface area contributed by atoms with Gasteiger partial charge in [0.2, 0.25) is 5.91 Å². The summed E-state index contributed by atoms with van der Waals surface area (Å²) in [5.74, 6) is 2.06. The lowest BCUT2D eigenvalue weighted by molar-refractivity contribution is -0.122. The van der Waals surface area contributed by atoms with Gasteiger partial charge in [0.15, 0.2) is 0 Å². The Morgan fingerprint density at radius 2 is 1.86 bits per heavy atom. The van der Waals surface area contributed by atoms with Crippen molar-refractivity contribution in [2.24, 2.45) is 0 Å². The molecule has 0 heterocycles. The summed E-state index contributed by atoms with van der Waals surface area (Å²) in [5.41, 5.74) is 1.74. The number of carbonyl (C=O) groups is 2. The van der Waals surface area contributed by atoms with Gasteiger partial charge < -0.3 is 16.0 Å². The van der Waals surface area contributed by atoms with E-state index < -0.39 is 0 Å². The van der Waals surface area contributed by atoms with Crippen LogP contribution < -0.4 is 16.0 Å². The first-order chi connectivity index (χ1) is 10.0. The Labute approximate surface area is 125 Å². The van der Waals surface area contributed by atoms with Crippen LogP contribution in [0.4, 0.5) is 0 Å². The first-order valence-corrected chi connectivity index (χ1v) is 6.84. The van der Waals surface area contributed by atoms with Gasteiger partial charge in [0.25, 0.3) is 5.91 Å². The highest BCUT2D eigenvalue weighted by molar-refractivity contribution is 5.94. The summed E-state index contributed by atoms with van der Waals surface area (Å²) in [4.78, 5) is 23.4. The van der Waals surface area contributed by atoms with E-state index >= 15 is 0 Å². The molecule has 1 aromatic carbocycles. The van der Waals surface area contributed by atoms with Gasteiger partial charge in [-0.25, -0.2) is 0 Å². The van der Waals surface area contributed by atoms with Crippen molar-refractivity contribution in [2.75, 3.05) is 19.6 Å². The molecule has 0 spiro atoms. The minimum absolute atomic E-state index is 0.124. The zero-order chi connectivity index (χ0) is 15.7. The molecule has 5 heteroatoms. The number of aryl methyl sites for hydroxylation is 1. The lowest BCUT2D eigenvalue weighted by atomic mass is 10.1. The van der Waals surface area contributed by atoms with Crippen LogP contribution in [0.3, 0.4) is 0 Å². The summed E-state index contributed by atoms with van der Waals surface area (Å²) in [6.07, 6.45) is 5.06. The standard InChI is InChI=1S/C16H21N3O2/c1-4-9-18-15(20)13(3)17-10-11-19-16(21)14-7-5-12(2)6-8-14/h1,5-8,13,17H,9-11H2,2-3H3,(H,18,20)(H,19,21). The molecule has 1 aromatic rings. The molecule has 5 nitrogen and oxygen atoms in total. The highest BCUT2D eigenvalue weighted by Crippen LogP contribution is 2.02. The molecule has 0 bridgehead atoms. The van der Waals surface area contributed by atoms with Crippen LogP contribution in [0.15, 0.2) is 24.3 Å². The number of benzene rings is 1.